The van der Waals surface area contributed by atoms with Crippen molar-refractivity contribution in [3.8, 4) is 5.75 Å². The van der Waals surface area contributed by atoms with Gasteiger partial charge in [-0.2, -0.15) is 0 Å². The molecule has 6 nitrogen and oxygen atoms in total. The average molecular weight is 532 g/mol. The normalized spacial score (nSPS) is 10.8. The maximum absolute atomic E-state index is 11.9. The Hall–Kier alpha value is -2.81. The number of hydrogen-bond donors (Lipinski definition) is 2. The highest BCUT2D eigenvalue weighted by Crippen LogP contribution is 2.13. The monoisotopic (exact) mass is 532 g/mol. The lowest BCUT2D eigenvalue weighted by molar-refractivity contribution is 0.414. The number of pyridine rings is 1. The Morgan fingerprint density at radius 2 is 1.74 bits per heavy atom. The van der Waals surface area contributed by atoms with Crippen molar-refractivity contribution in [3.63, 3.8) is 0 Å². The molecule has 0 aliphatic rings. The third kappa shape index (κ3) is 7.75. The first-order valence-corrected chi connectivity index (χ1v) is 10.1. The van der Waals surface area contributed by atoms with Crippen molar-refractivity contribution in [2.45, 2.75) is 26.6 Å². The number of halogens is 1. The molecule has 2 aromatic carbocycles. The van der Waals surface area contributed by atoms with Crippen molar-refractivity contribution >= 4 is 29.9 Å². The second-order valence-electron chi connectivity index (χ2n) is 6.88. The van der Waals surface area contributed by atoms with Gasteiger partial charge in [-0.1, -0.05) is 42.5 Å². The zero-order valence-corrected chi connectivity index (χ0v) is 20.2. The van der Waals surface area contributed by atoms with Gasteiger partial charge in [-0.3, -0.25) is 4.79 Å². The Morgan fingerprint density at radius 1 is 0.968 bits per heavy atom. The second kappa shape index (κ2) is 12.8. The molecule has 1 aromatic heterocycles. The fraction of sp³-hybridized carbons (Fsp3) is 0.250. The molecule has 0 aliphatic heterocycles. The van der Waals surface area contributed by atoms with Crippen LogP contribution in [0, 0.1) is 0 Å². The van der Waals surface area contributed by atoms with E-state index in [0.717, 1.165) is 34.9 Å². The summed E-state index contributed by atoms with van der Waals surface area (Å²) in [5.41, 5.74) is 3.33. The molecular weight excluding hydrogens is 503 g/mol. The van der Waals surface area contributed by atoms with E-state index in [0.29, 0.717) is 19.6 Å². The van der Waals surface area contributed by atoms with Crippen LogP contribution in [0.5, 0.6) is 5.75 Å². The Balaban J connectivity index is 0.00000341. The van der Waals surface area contributed by atoms with Gasteiger partial charge in [0.25, 0.3) is 5.56 Å². The summed E-state index contributed by atoms with van der Waals surface area (Å²) in [5, 5.41) is 6.64. The molecule has 0 saturated carbocycles. The molecule has 0 atom stereocenters. The van der Waals surface area contributed by atoms with Crippen molar-refractivity contribution in [2.75, 3.05) is 13.7 Å². The first-order chi connectivity index (χ1) is 14.7. The highest BCUT2D eigenvalue weighted by atomic mass is 127. The van der Waals surface area contributed by atoms with Crippen LogP contribution in [0.15, 0.2) is 82.7 Å². The second-order valence-corrected chi connectivity index (χ2v) is 6.88. The smallest absolute Gasteiger partial charge is 0.250 e. The summed E-state index contributed by atoms with van der Waals surface area (Å²) in [7, 11) is 1.66. The number of ether oxygens (including phenoxy) is 1. The minimum absolute atomic E-state index is 0. The van der Waals surface area contributed by atoms with Gasteiger partial charge in [-0.05, 0) is 41.8 Å². The van der Waals surface area contributed by atoms with E-state index in [1.54, 1.807) is 30.0 Å². The lowest BCUT2D eigenvalue weighted by Crippen LogP contribution is -2.36. The van der Waals surface area contributed by atoms with Crippen LogP contribution in [0.3, 0.4) is 0 Å². The van der Waals surface area contributed by atoms with Gasteiger partial charge < -0.3 is 19.9 Å². The Labute approximate surface area is 200 Å². The fourth-order valence-corrected chi connectivity index (χ4v) is 3.02. The van der Waals surface area contributed by atoms with Gasteiger partial charge in [0.05, 0.1) is 20.2 Å². The van der Waals surface area contributed by atoms with Crippen LogP contribution < -0.4 is 20.9 Å². The number of nitrogens with zero attached hydrogens (tertiary/aromatic N) is 2. The summed E-state index contributed by atoms with van der Waals surface area (Å²) in [4.78, 5) is 16.5. The van der Waals surface area contributed by atoms with Crippen LogP contribution >= 0.6 is 24.0 Å². The van der Waals surface area contributed by atoms with Crippen LogP contribution in [-0.2, 0) is 19.6 Å². The molecule has 7 heteroatoms. The SMILES string of the molecule is CCNC(=NCc1cccc(OC)c1)NCc1ccc(Cn2ccccc2=O)cc1.I. The van der Waals surface area contributed by atoms with Gasteiger partial charge in [0.15, 0.2) is 5.96 Å². The van der Waals surface area contributed by atoms with Crippen molar-refractivity contribution in [3.05, 3.63) is 100.0 Å². The number of aliphatic imine (C=N–C) groups is 1. The quantitative estimate of drug-likeness (QED) is 0.263. The Kier molecular flexibility index (Phi) is 10.1. The molecule has 0 bridgehead atoms. The van der Waals surface area contributed by atoms with Crippen molar-refractivity contribution in [1.29, 1.82) is 0 Å². The molecule has 0 amide bonds. The summed E-state index contributed by atoms with van der Waals surface area (Å²) in [6.45, 7) is 4.63. The number of methoxy groups -OCH3 is 1. The van der Waals surface area contributed by atoms with Crippen LogP contribution in [0.1, 0.15) is 23.6 Å². The third-order valence-corrected chi connectivity index (χ3v) is 4.63. The van der Waals surface area contributed by atoms with Crippen LogP contribution in [0.4, 0.5) is 0 Å². The van der Waals surface area contributed by atoms with Gasteiger partial charge in [0.2, 0.25) is 0 Å². The molecule has 0 saturated heterocycles. The molecule has 0 fully saturated rings. The molecular formula is C24H29IN4O2. The molecule has 164 valence electrons. The molecule has 0 radical (unpaired) electrons. The van der Waals surface area contributed by atoms with E-state index in [1.165, 1.54) is 0 Å². The van der Waals surface area contributed by atoms with Gasteiger partial charge in [-0.15, -0.1) is 24.0 Å². The van der Waals surface area contributed by atoms with Gasteiger partial charge in [0, 0.05) is 25.4 Å². The number of guanidine groups is 1. The van der Waals surface area contributed by atoms with Crippen molar-refractivity contribution in [2.24, 2.45) is 4.99 Å². The lowest BCUT2D eigenvalue weighted by Gasteiger charge is -2.12. The zero-order chi connectivity index (χ0) is 21.2. The van der Waals surface area contributed by atoms with E-state index in [9.17, 15) is 4.79 Å². The number of aromatic nitrogens is 1. The maximum Gasteiger partial charge on any atom is 0.250 e. The molecule has 2 N–H and O–H groups in total. The number of rotatable bonds is 8. The molecule has 3 aromatic rings. The number of nitrogens with one attached hydrogen (secondary N) is 2. The molecule has 0 spiro atoms. The van der Waals surface area contributed by atoms with E-state index in [2.05, 4.69) is 39.9 Å². The minimum Gasteiger partial charge on any atom is -0.497 e. The predicted molar refractivity (Wildman–Crippen MR) is 136 cm³/mol. The molecule has 31 heavy (non-hydrogen) atoms. The largest absolute Gasteiger partial charge is 0.497 e. The van der Waals surface area contributed by atoms with E-state index in [-0.39, 0.29) is 29.5 Å². The van der Waals surface area contributed by atoms with Gasteiger partial charge in [-0.25, -0.2) is 4.99 Å². The highest BCUT2D eigenvalue weighted by Gasteiger charge is 2.01. The summed E-state index contributed by atoms with van der Waals surface area (Å²) < 4.78 is 6.97. The van der Waals surface area contributed by atoms with Crippen LogP contribution in [0.2, 0.25) is 0 Å². The lowest BCUT2D eigenvalue weighted by atomic mass is 10.1. The Bertz CT molecular complexity index is 1030. The third-order valence-electron chi connectivity index (χ3n) is 4.63. The van der Waals surface area contributed by atoms with E-state index in [4.69, 9.17) is 4.74 Å². The molecule has 0 unspecified atom stereocenters. The summed E-state index contributed by atoms with van der Waals surface area (Å²) in [6.07, 6.45) is 1.80. The standard InChI is InChI=1S/C24H28N4O2.HI/c1-3-25-24(27-17-21-7-6-8-22(15-21)30-2)26-16-19-10-12-20(13-11-19)18-28-14-5-4-9-23(28)29;/h4-15H,3,16-18H2,1-2H3,(H2,25,26,27);1H. The van der Waals surface area contributed by atoms with E-state index < -0.39 is 0 Å². The van der Waals surface area contributed by atoms with Crippen molar-refractivity contribution in [1.82, 2.24) is 15.2 Å². The maximum atomic E-state index is 11.9. The molecule has 0 aliphatic carbocycles. The topological polar surface area (TPSA) is 67.7 Å². The summed E-state index contributed by atoms with van der Waals surface area (Å²) in [5.74, 6) is 1.60. The number of benzene rings is 2. The molecule has 1 heterocycles. The first-order valence-electron chi connectivity index (χ1n) is 10.1. The van der Waals surface area contributed by atoms with E-state index in [1.807, 2.05) is 37.3 Å². The summed E-state index contributed by atoms with van der Waals surface area (Å²) >= 11 is 0. The highest BCUT2D eigenvalue weighted by molar-refractivity contribution is 14.0. The van der Waals surface area contributed by atoms with Crippen LogP contribution in [0.25, 0.3) is 0 Å². The predicted octanol–water partition coefficient (Wildman–Crippen LogP) is 3.78. The van der Waals surface area contributed by atoms with Crippen LogP contribution in [-0.4, -0.2) is 24.2 Å². The molecule has 3 rings (SSSR count). The number of hydrogen-bond acceptors (Lipinski definition) is 3. The minimum atomic E-state index is 0. The zero-order valence-electron chi connectivity index (χ0n) is 17.9. The summed E-state index contributed by atoms with van der Waals surface area (Å²) in [6, 6.07) is 21.4. The fourth-order valence-electron chi connectivity index (χ4n) is 3.02. The Morgan fingerprint density at radius 3 is 2.45 bits per heavy atom. The van der Waals surface area contributed by atoms with E-state index >= 15 is 0 Å². The first kappa shape index (κ1) is 24.5. The van der Waals surface area contributed by atoms with Gasteiger partial charge >= 0.3 is 0 Å². The van der Waals surface area contributed by atoms with Gasteiger partial charge in [0.1, 0.15) is 5.75 Å². The van der Waals surface area contributed by atoms with Crippen molar-refractivity contribution < 1.29 is 4.74 Å². The average Bonchev–Trinajstić information content (AvgIpc) is 2.78.